The second kappa shape index (κ2) is 13.3. The summed E-state index contributed by atoms with van der Waals surface area (Å²) >= 11 is 0. The number of aliphatic imine (C=N–C) groups is 2. The van der Waals surface area contributed by atoms with Gasteiger partial charge >= 0.3 is 0 Å². The first-order valence-electron chi connectivity index (χ1n) is 16.6. The summed E-state index contributed by atoms with van der Waals surface area (Å²) in [5.74, 6) is 0.721. The molecule has 2 aromatic rings. The van der Waals surface area contributed by atoms with Crippen molar-refractivity contribution in [3.63, 3.8) is 0 Å². The van der Waals surface area contributed by atoms with Crippen LogP contribution in [0.3, 0.4) is 0 Å². The highest BCUT2D eigenvalue weighted by molar-refractivity contribution is 6.15. The van der Waals surface area contributed by atoms with Crippen LogP contribution in [0.25, 0.3) is 5.57 Å². The van der Waals surface area contributed by atoms with Gasteiger partial charge in [-0.3, -0.25) is 9.98 Å². The fourth-order valence-corrected chi connectivity index (χ4v) is 6.98. The molecule has 1 aliphatic heterocycles. The molecule has 2 aromatic carbocycles. The van der Waals surface area contributed by atoms with E-state index in [1.54, 1.807) is 0 Å². The second-order valence-corrected chi connectivity index (χ2v) is 12.8. The molecule has 224 valence electrons. The molecule has 3 unspecified atom stereocenters. The van der Waals surface area contributed by atoms with Gasteiger partial charge in [0.05, 0.1) is 11.4 Å². The molecule has 0 radical (unpaired) electrons. The first kappa shape index (κ1) is 30.0. The molecule has 6 rings (SSSR count). The largest absolute Gasteiger partial charge is 0.271 e. The third kappa shape index (κ3) is 6.27. The number of fused-ring (bicyclic) bond motifs is 1. The van der Waals surface area contributed by atoms with Gasteiger partial charge in [-0.25, -0.2) is 0 Å². The minimum atomic E-state index is -0.509. The van der Waals surface area contributed by atoms with Gasteiger partial charge in [0.2, 0.25) is 0 Å². The number of hydrogen-bond donors (Lipinski definition) is 0. The highest BCUT2D eigenvalue weighted by Crippen LogP contribution is 2.48. The summed E-state index contributed by atoms with van der Waals surface area (Å²) in [7, 11) is 0. The molecule has 0 N–H and O–H groups in total. The lowest BCUT2D eigenvalue weighted by molar-refractivity contribution is 0.464. The maximum absolute atomic E-state index is 5.72. The van der Waals surface area contributed by atoms with Crippen LogP contribution < -0.4 is 0 Å². The van der Waals surface area contributed by atoms with Crippen molar-refractivity contribution in [2.24, 2.45) is 21.8 Å². The molecule has 0 fully saturated rings. The van der Waals surface area contributed by atoms with E-state index in [-0.39, 0.29) is 5.92 Å². The highest BCUT2D eigenvalue weighted by atomic mass is 15.0. The molecule has 1 heterocycles. The molecule has 0 bridgehead atoms. The van der Waals surface area contributed by atoms with Crippen molar-refractivity contribution in [3.8, 4) is 0 Å². The third-order valence-corrected chi connectivity index (χ3v) is 9.82. The van der Waals surface area contributed by atoms with E-state index in [1.807, 2.05) is 0 Å². The van der Waals surface area contributed by atoms with E-state index < -0.39 is 5.54 Å². The van der Waals surface area contributed by atoms with Crippen molar-refractivity contribution in [1.82, 2.24) is 0 Å². The molecule has 2 nitrogen and oxygen atoms in total. The maximum atomic E-state index is 5.72. The van der Waals surface area contributed by atoms with Crippen molar-refractivity contribution in [3.05, 3.63) is 148 Å². The topological polar surface area (TPSA) is 24.7 Å². The predicted octanol–water partition coefficient (Wildman–Crippen LogP) is 10.8. The van der Waals surface area contributed by atoms with Crippen molar-refractivity contribution in [2.75, 3.05) is 0 Å². The van der Waals surface area contributed by atoms with Crippen molar-refractivity contribution < 1.29 is 0 Å². The third-order valence-electron chi connectivity index (χ3n) is 9.82. The van der Waals surface area contributed by atoms with Crippen LogP contribution in [0.15, 0.2) is 147 Å². The first-order chi connectivity index (χ1) is 21.5. The number of benzene rings is 2. The van der Waals surface area contributed by atoms with Gasteiger partial charge in [-0.15, -0.1) is 0 Å². The molecule has 2 heteroatoms. The first-order valence-corrected chi connectivity index (χ1v) is 16.6. The van der Waals surface area contributed by atoms with Crippen molar-refractivity contribution in [2.45, 2.75) is 78.2 Å². The van der Waals surface area contributed by atoms with E-state index in [9.17, 15) is 0 Å². The van der Waals surface area contributed by atoms with Crippen molar-refractivity contribution >= 4 is 17.0 Å². The SMILES string of the molecule is CCC1=C(/N=C(\CCc2ccccc2)C2=CC=C(C)CC2)C2(C)N=C(C3=CCC(CC)C=C3)C=C(c3ccccc3)C2C=C1. The summed E-state index contributed by atoms with van der Waals surface area (Å²) in [6.45, 7) is 9.10. The van der Waals surface area contributed by atoms with Gasteiger partial charge in [0.25, 0.3) is 0 Å². The van der Waals surface area contributed by atoms with Gasteiger partial charge in [-0.2, -0.15) is 0 Å². The molecule has 3 aliphatic carbocycles. The van der Waals surface area contributed by atoms with E-state index in [4.69, 9.17) is 9.98 Å². The van der Waals surface area contributed by atoms with E-state index in [1.165, 1.54) is 51.1 Å². The lowest BCUT2D eigenvalue weighted by Crippen LogP contribution is -2.41. The maximum Gasteiger partial charge on any atom is 0.111 e. The molecule has 44 heavy (non-hydrogen) atoms. The minimum Gasteiger partial charge on any atom is -0.271 e. The van der Waals surface area contributed by atoms with Gasteiger partial charge in [-0.05, 0) is 104 Å². The Kier molecular flexibility index (Phi) is 9.07. The average Bonchev–Trinajstić information content (AvgIpc) is 3.07. The Morgan fingerprint density at radius 2 is 1.70 bits per heavy atom. The van der Waals surface area contributed by atoms with Crippen LogP contribution in [0.4, 0.5) is 0 Å². The number of aryl methyl sites for hydroxylation is 1. The normalized spacial score (nSPS) is 25.1. The van der Waals surface area contributed by atoms with Crippen molar-refractivity contribution in [1.29, 1.82) is 0 Å². The Labute approximate surface area is 264 Å². The predicted molar refractivity (Wildman–Crippen MR) is 189 cm³/mol. The molecular formula is C42H46N2. The molecule has 4 aliphatic rings. The Hall–Kier alpha value is -4.04. The Balaban J connectivity index is 1.48. The van der Waals surface area contributed by atoms with Crippen LogP contribution >= 0.6 is 0 Å². The molecule has 0 saturated carbocycles. The molecule has 0 spiro atoms. The van der Waals surface area contributed by atoms with E-state index >= 15 is 0 Å². The van der Waals surface area contributed by atoms with Gasteiger partial charge in [0.1, 0.15) is 5.54 Å². The Morgan fingerprint density at radius 3 is 2.36 bits per heavy atom. The number of hydrogen-bond acceptors (Lipinski definition) is 2. The van der Waals surface area contributed by atoms with Gasteiger partial charge in [0, 0.05) is 11.6 Å². The summed E-state index contributed by atoms with van der Waals surface area (Å²) in [6.07, 6.45) is 26.0. The van der Waals surface area contributed by atoms with E-state index in [0.717, 1.165) is 49.9 Å². The summed E-state index contributed by atoms with van der Waals surface area (Å²) in [5.41, 5.74) is 12.2. The average molecular weight is 579 g/mol. The zero-order valence-electron chi connectivity index (χ0n) is 26.9. The zero-order valence-corrected chi connectivity index (χ0v) is 26.9. The fourth-order valence-electron chi connectivity index (χ4n) is 6.98. The van der Waals surface area contributed by atoms with Gasteiger partial charge < -0.3 is 0 Å². The van der Waals surface area contributed by atoms with Gasteiger partial charge in [-0.1, -0.05) is 123 Å². The summed E-state index contributed by atoms with van der Waals surface area (Å²) in [5, 5.41) is 0. The number of nitrogens with zero attached hydrogens (tertiary/aromatic N) is 2. The standard InChI is InChI=1S/C42H46N2/c1-5-31-19-24-36(25-20-31)40-29-37(34-15-11-8-12-16-34)38-27-26-33(6-2)41(42(38,4)44-40)43-39(35-22-17-30(3)18-23-35)28-21-32-13-9-7-10-14-32/h7-17,19,22,24-27,29,31,38H,5-6,18,20-21,23,28H2,1-4H3/b43-39+. The molecular weight excluding hydrogens is 532 g/mol. The second-order valence-electron chi connectivity index (χ2n) is 12.8. The number of dihydropyridines is 1. The molecule has 3 atom stereocenters. The van der Waals surface area contributed by atoms with Crippen LogP contribution in [0.5, 0.6) is 0 Å². The zero-order chi connectivity index (χ0) is 30.5. The Morgan fingerprint density at radius 1 is 0.932 bits per heavy atom. The number of rotatable bonds is 9. The Bertz CT molecular complexity index is 1650. The van der Waals surface area contributed by atoms with E-state index in [0.29, 0.717) is 5.92 Å². The van der Waals surface area contributed by atoms with E-state index in [2.05, 4.69) is 137 Å². The summed E-state index contributed by atoms with van der Waals surface area (Å²) in [6, 6.07) is 21.7. The quantitative estimate of drug-likeness (QED) is 0.264. The molecule has 0 aromatic heterocycles. The lowest BCUT2D eigenvalue weighted by atomic mass is 9.69. The fraction of sp³-hybridized carbons (Fsp3) is 0.333. The van der Waals surface area contributed by atoms with Crippen LogP contribution in [0, 0.1) is 11.8 Å². The minimum absolute atomic E-state index is 0.108. The monoisotopic (exact) mass is 578 g/mol. The molecule has 0 amide bonds. The highest BCUT2D eigenvalue weighted by Gasteiger charge is 2.45. The summed E-state index contributed by atoms with van der Waals surface area (Å²) in [4.78, 5) is 11.4. The van der Waals surface area contributed by atoms with Crippen LogP contribution in [-0.4, -0.2) is 17.0 Å². The molecule has 0 saturated heterocycles. The van der Waals surface area contributed by atoms with Crippen LogP contribution in [0.2, 0.25) is 0 Å². The lowest BCUT2D eigenvalue weighted by Gasteiger charge is -2.42. The smallest absolute Gasteiger partial charge is 0.111 e. The van der Waals surface area contributed by atoms with Gasteiger partial charge in [0.15, 0.2) is 0 Å². The summed E-state index contributed by atoms with van der Waals surface area (Å²) < 4.78 is 0. The van der Waals surface area contributed by atoms with Crippen LogP contribution in [-0.2, 0) is 6.42 Å². The number of allylic oxidation sites excluding steroid dienone is 11. The van der Waals surface area contributed by atoms with Crippen LogP contribution in [0.1, 0.15) is 77.3 Å².